The predicted molar refractivity (Wildman–Crippen MR) is 103 cm³/mol. The molecule has 0 bridgehead atoms. The smallest absolute Gasteiger partial charge is 0.0414 e. The van der Waals surface area contributed by atoms with Gasteiger partial charge in [0.25, 0.3) is 0 Å². The van der Waals surface area contributed by atoms with Crippen LogP contribution in [0.1, 0.15) is 120 Å². The molecular formula is C19H48NO2-. The Morgan fingerprint density at radius 3 is 1.18 bits per heavy atom. The first kappa shape index (κ1) is 37.6. The largest absolute Gasteiger partial charge is 0.550 e. The highest BCUT2D eigenvalue weighted by Gasteiger charge is 1.88. The molecule has 0 saturated carbocycles. The highest BCUT2D eigenvalue weighted by atomic mass is 16.4. The van der Waals surface area contributed by atoms with Gasteiger partial charge < -0.3 is 16.1 Å². The molecule has 3 heteroatoms. The number of carbonyl (C=O) groups excluding carboxylic acids is 1. The maximum Gasteiger partial charge on any atom is 0.0414 e. The average Bonchev–Trinajstić information content (AvgIpc) is 2.43. The molecule has 0 amide bonds. The fourth-order valence-corrected chi connectivity index (χ4v) is 0.873. The quantitative estimate of drug-likeness (QED) is 0.564. The summed E-state index contributed by atoms with van der Waals surface area (Å²) in [6.07, 6.45) is 9.36. The Balaban J connectivity index is -0.0000000446. The molecule has 0 aromatic rings. The van der Waals surface area contributed by atoms with Gasteiger partial charge in [0.2, 0.25) is 0 Å². The van der Waals surface area contributed by atoms with E-state index in [1.54, 1.807) is 0 Å². The first-order chi connectivity index (χ1) is 10.0. The summed E-state index contributed by atoms with van der Waals surface area (Å²) in [5, 5.41) is 9.92. The van der Waals surface area contributed by atoms with Crippen molar-refractivity contribution in [1.82, 2.24) is 6.15 Å². The Morgan fingerprint density at radius 1 is 0.682 bits per heavy atom. The van der Waals surface area contributed by atoms with E-state index in [2.05, 4.69) is 48.5 Å². The maximum atomic E-state index is 9.92. The number of carboxylic acid groups (broad SMARTS) is 1. The number of hydrogen-bond donors (Lipinski definition) is 1. The van der Waals surface area contributed by atoms with Gasteiger partial charge >= 0.3 is 0 Å². The maximum absolute atomic E-state index is 9.92. The van der Waals surface area contributed by atoms with E-state index >= 15 is 0 Å². The van der Waals surface area contributed by atoms with Crippen LogP contribution in [0.5, 0.6) is 0 Å². The van der Waals surface area contributed by atoms with Gasteiger partial charge in [-0.1, -0.05) is 107 Å². The molecule has 0 unspecified atom stereocenters. The van der Waals surface area contributed by atoms with Gasteiger partial charge in [0, 0.05) is 5.97 Å². The van der Waals surface area contributed by atoms with Crippen LogP contribution in [-0.4, -0.2) is 5.97 Å². The summed E-state index contributed by atoms with van der Waals surface area (Å²) in [6, 6.07) is 0. The molecule has 3 N–H and O–H groups in total. The van der Waals surface area contributed by atoms with Gasteiger partial charge in [-0.3, -0.25) is 0 Å². The van der Waals surface area contributed by atoms with Gasteiger partial charge in [-0.25, -0.2) is 0 Å². The molecule has 3 nitrogen and oxygen atoms in total. The van der Waals surface area contributed by atoms with Crippen LogP contribution in [0.4, 0.5) is 0 Å². The lowest BCUT2D eigenvalue weighted by molar-refractivity contribution is -0.305. The van der Waals surface area contributed by atoms with Crippen LogP contribution < -0.4 is 11.3 Å². The predicted octanol–water partition coefficient (Wildman–Crippen LogP) is 6.53. The van der Waals surface area contributed by atoms with Crippen molar-refractivity contribution in [3.8, 4) is 0 Å². The van der Waals surface area contributed by atoms with Crippen molar-refractivity contribution in [2.24, 2.45) is 0 Å². The van der Waals surface area contributed by atoms with Crippen LogP contribution in [0.25, 0.3) is 0 Å². The topological polar surface area (TPSA) is 75.1 Å². The minimum absolute atomic E-state index is 0. The summed E-state index contributed by atoms with van der Waals surface area (Å²) >= 11 is 0. The molecule has 0 rings (SSSR count). The monoisotopic (exact) mass is 322 g/mol. The van der Waals surface area contributed by atoms with Crippen molar-refractivity contribution in [2.75, 3.05) is 0 Å². The van der Waals surface area contributed by atoms with Gasteiger partial charge in [0.05, 0.1) is 0 Å². The zero-order valence-electron chi connectivity index (χ0n) is 17.4. The zero-order chi connectivity index (χ0) is 17.9. The fraction of sp³-hybridized carbons (Fsp3) is 0.947. The van der Waals surface area contributed by atoms with Crippen molar-refractivity contribution >= 4 is 5.97 Å². The first-order valence-electron chi connectivity index (χ1n) is 9.21. The van der Waals surface area contributed by atoms with Crippen LogP contribution in [0, 0.1) is 0 Å². The van der Waals surface area contributed by atoms with Gasteiger partial charge in [-0.05, 0) is 12.8 Å². The molecule has 0 spiro atoms. The second kappa shape index (κ2) is 59.0. The van der Waals surface area contributed by atoms with E-state index < -0.39 is 5.97 Å². The Kier molecular flexibility index (Phi) is 101. The first-order valence-corrected chi connectivity index (χ1v) is 9.21. The number of hydrogen-bond acceptors (Lipinski definition) is 3. The minimum atomic E-state index is -0.920. The van der Waals surface area contributed by atoms with Gasteiger partial charge in [0.1, 0.15) is 0 Å². The summed E-state index contributed by atoms with van der Waals surface area (Å²) in [5.74, 6) is -0.920. The highest BCUT2D eigenvalue weighted by Crippen LogP contribution is 2.03. The van der Waals surface area contributed by atoms with Crippen LogP contribution >= 0.6 is 0 Å². The number of carbonyl (C=O) groups is 1. The summed E-state index contributed by atoms with van der Waals surface area (Å²) in [7, 11) is 0. The lowest BCUT2D eigenvalue weighted by Crippen LogP contribution is -2.21. The lowest BCUT2D eigenvalue weighted by Gasteiger charge is -2.00. The van der Waals surface area contributed by atoms with Gasteiger partial charge in [0.15, 0.2) is 0 Å². The van der Waals surface area contributed by atoms with Crippen molar-refractivity contribution in [3.05, 3.63) is 0 Å². The average molecular weight is 323 g/mol. The van der Waals surface area contributed by atoms with Crippen molar-refractivity contribution < 1.29 is 9.90 Å². The Labute approximate surface area is 142 Å². The van der Waals surface area contributed by atoms with Crippen molar-refractivity contribution in [3.63, 3.8) is 0 Å². The molecule has 0 aromatic carbocycles. The molecule has 0 aromatic heterocycles. The van der Waals surface area contributed by atoms with E-state index in [0.29, 0.717) is 0 Å². The molecule has 0 radical (unpaired) electrons. The van der Waals surface area contributed by atoms with E-state index in [-0.39, 0.29) is 12.6 Å². The standard InChI is InChI=1S/C8H16O2.3C3H8.C2H6.H3N/c1-2-3-4-5-6-7-8(9)10;3*1-3-2;1-2;/h2-7H2,1H3,(H,9,10);3*3H2,1-2H3;1-2H3;1H3/p-1. The van der Waals surface area contributed by atoms with E-state index in [1.165, 1.54) is 32.1 Å². The molecule has 142 valence electrons. The third-order valence-corrected chi connectivity index (χ3v) is 1.48. The zero-order valence-corrected chi connectivity index (χ0v) is 17.4. The van der Waals surface area contributed by atoms with E-state index in [1.807, 2.05) is 13.8 Å². The third-order valence-electron chi connectivity index (χ3n) is 1.48. The normalized spacial score (nSPS) is 7.14. The van der Waals surface area contributed by atoms with Gasteiger partial charge in [-0.15, -0.1) is 0 Å². The van der Waals surface area contributed by atoms with E-state index in [9.17, 15) is 9.90 Å². The third kappa shape index (κ3) is 160. The Bertz CT molecular complexity index is 124. The second-order valence-corrected chi connectivity index (χ2v) is 4.66. The number of carboxylic acids is 1. The van der Waals surface area contributed by atoms with Gasteiger partial charge in [-0.2, -0.15) is 0 Å². The summed E-state index contributed by atoms with van der Waals surface area (Å²) < 4.78 is 0. The van der Waals surface area contributed by atoms with E-state index in [4.69, 9.17) is 0 Å². The molecule has 0 aliphatic heterocycles. The molecule has 0 fully saturated rings. The summed E-state index contributed by atoms with van der Waals surface area (Å²) in [4.78, 5) is 9.92. The number of rotatable bonds is 6. The summed E-state index contributed by atoms with van der Waals surface area (Å²) in [6.45, 7) is 18.9. The molecule has 0 aliphatic rings. The van der Waals surface area contributed by atoms with E-state index in [0.717, 1.165) is 19.3 Å². The molecule has 0 saturated heterocycles. The molecular weight excluding hydrogens is 274 g/mol. The highest BCUT2D eigenvalue weighted by molar-refractivity contribution is 5.63. The number of aliphatic carboxylic acids is 1. The minimum Gasteiger partial charge on any atom is -0.550 e. The Morgan fingerprint density at radius 2 is 0.955 bits per heavy atom. The SMILES string of the molecule is CC.CCC.CCC.CCC.CCCCCCCC(=O)[O-].N. The Hall–Kier alpha value is -0.570. The number of unbranched alkanes of at least 4 members (excludes halogenated alkanes) is 4. The molecule has 22 heavy (non-hydrogen) atoms. The van der Waals surface area contributed by atoms with Crippen LogP contribution in [-0.2, 0) is 4.79 Å². The van der Waals surface area contributed by atoms with Crippen LogP contribution in [0.2, 0.25) is 0 Å². The molecule has 0 heterocycles. The summed E-state index contributed by atoms with van der Waals surface area (Å²) in [5.41, 5.74) is 0. The molecule has 0 aliphatic carbocycles. The van der Waals surface area contributed by atoms with Crippen LogP contribution in [0.3, 0.4) is 0 Å². The second-order valence-electron chi connectivity index (χ2n) is 4.66. The van der Waals surface area contributed by atoms with Crippen molar-refractivity contribution in [1.29, 1.82) is 0 Å². The fourth-order valence-electron chi connectivity index (χ4n) is 0.873. The lowest BCUT2D eigenvalue weighted by atomic mass is 10.1. The van der Waals surface area contributed by atoms with Crippen molar-refractivity contribution in [2.45, 2.75) is 120 Å². The van der Waals surface area contributed by atoms with Crippen LogP contribution in [0.15, 0.2) is 0 Å². The molecule has 0 atom stereocenters.